The fourth-order valence-electron chi connectivity index (χ4n) is 1.06. The molecule has 0 saturated carbocycles. The highest BCUT2D eigenvalue weighted by atomic mass is 35.5. The lowest BCUT2D eigenvalue weighted by molar-refractivity contribution is 0.602. The van der Waals surface area contributed by atoms with Crippen LogP contribution in [0.1, 0.15) is 0 Å². The van der Waals surface area contributed by atoms with E-state index in [1.165, 1.54) is 24.3 Å². The molecule has 0 aliphatic heterocycles. The van der Waals surface area contributed by atoms with Crippen LogP contribution >= 0.6 is 12.4 Å². The molecule has 7 nitrogen and oxygen atoms in total. The minimum atomic E-state index is -3.21. The van der Waals surface area contributed by atoms with Gasteiger partial charge in [-0.25, -0.2) is 13.4 Å². The van der Waals surface area contributed by atoms with Crippen LogP contribution in [0.4, 0.5) is 5.69 Å². The Balaban J connectivity index is 0.00000289. The zero-order chi connectivity index (χ0) is 13.1. The Morgan fingerprint density at radius 3 is 2.00 bits per heavy atom. The molecule has 0 amide bonds. The summed E-state index contributed by atoms with van der Waals surface area (Å²) in [6.45, 7) is 0. The summed E-state index contributed by atoms with van der Waals surface area (Å²) >= 11 is 0. The van der Waals surface area contributed by atoms with Crippen molar-refractivity contribution in [2.75, 3.05) is 6.26 Å². The lowest BCUT2D eigenvalue weighted by Crippen LogP contribution is -2.26. The van der Waals surface area contributed by atoms with Crippen molar-refractivity contribution in [1.82, 2.24) is 0 Å². The third kappa shape index (κ3) is 5.02. The second-order valence-corrected chi connectivity index (χ2v) is 5.29. The van der Waals surface area contributed by atoms with Crippen molar-refractivity contribution in [2.24, 2.45) is 27.2 Å². The molecule has 0 aromatic heterocycles. The smallest absolute Gasteiger partial charge is 0.223 e. The average Bonchev–Trinajstić information content (AvgIpc) is 2.15. The summed E-state index contributed by atoms with van der Waals surface area (Å²) in [6, 6.07) is 5.87. The van der Waals surface area contributed by atoms with E-state index in [4.69, 9.17) is 17.2 Å². The standard InChI is InChI=1S/C9H13N5O2S.ClH/c1-17(15,16)7-4-2-6(3-5-7)13-9(12)14-8(10)11;/h2-5H,1H3,(H6,10,11,12,13,14);1H. The Labute approximate surface area is 111 Å². The predicted molar refractivity (Wildman–Crippen MR) is 73.9 cm³/mol. The normalized spacial score (nSPS) is 11.5. The number of benzene rings is 1. The van der Waals surface area contributed by atoms with Gasteiger partial charge < -0.3 is 17.2 Å². The van der Waals surface area contributed by atoms with Gasteiger partial charge >= 0.3 is 0 Å². The molecule has 0 aliphatic rings. The van der Waals surface area contributed by atoms with E-state index in [9.17, 15) is 8.42 Å². The lowest BCUT2D eigenvalue weighted by Gasteiger charge is -1.99. The first-order valence-corrected chi connectivity index (χ1v) is 6.42. The van der Waals surface area contributed by atoms with Crippen molar-refractivity contribution in [3.8, 4) is 0 Å². The predicted octanol–water partition coefficient (Wildman–Crippen LogP) is -0.268. The van der Waals surface area contributed by atoms with Crippen LogP contribution in [-0.2, 0) is 9.84 Å². The maximum atomic E-state index is 11.2. The topological polar surface area (TPSA) is 137 Å². The van der Waals surface area contributed by atoms with E-state index in [1.54, 1.807) is 0 Å². The van der Waals surface area contributed by atoms with E-state index in [2.05, 4.69) is 9.98 Å². The Kier molecular flexibility index (Phi) is 5.60. The quantitative estimate of drug-likeness (QED) is 0.509. The first kappa shape index (κ1) is 16.2. The van der Waals surface area contributed by atoms with Gasteiger partial charge in [-0.05, 0) is 24.3 Å². The number of halogens is 1. The van der Waals surface area contributed by atoms with Crippen molar-refractivity contribution in [3.63, 3.8) is 0 Å². The molecular formula is C9H14ClN5O2S. The van der Waals surface area contributed by atoms with Crippen molar-refractivity contribution >= 4 is 39.9 Å². The third-order valence-corrected chi connectivity index (χ3v) is 2.88. The largest absolute Gasteiger partial charge is 0.370 e. The number of hydrogen-bond acceptors (Lipinski definition) is 3. The first-order valence-electron chi connectivity index (χ1n) is 4.53. The van der Waals surface area contributed by atoms with Crippen LogP contribution in [0.15, 0.2) is 39.1 Å². The van der Waals surface area contributed by atoms with Crippen LogP contribution in [0.25, 0.3) is 0 Å². The van der Waals surface area contributed by atoms with Gasteiger partial charge in [0.2, 0.25) is 5.96 Å². The monoisotopic (exact) mass is 291 g/mol. The molecule has 9 heteroatoms. The highest BCUT2D eigenvalue weighted by molar-refractivity contribution is 7.90. The van der Waals surface area contributed by atoms with Crippen molar-refractivity contribution < 1.29 is 8.42 Å². The summed E-state index contributed by atoms with van der Waals surface area (Å²) in [5, 5.41) is 0. The summed E-state index contributed by atoms with van der Waals surface area (Å²) in [7, 11) is -3.21. The first-order chi connectivity index (χ1) is 7.79. The van der Waals surface area contributed by atoms with E-state index in [0.717, 1.165) is 6.26 Å². The maximum Gasteiger partial charge on any atom is 0.223 e. The van der Waals surface area contributed by atoms with E-state index in [-0.39, 0.29) is 29.2 Å². The molecule has 0 atom stereocenters. The molecule has 0 unspecified atom stereocenters. The Morgan fingerprint density at radius 1 is 1.11 bits per heavy atom. The van der Waals surface area contributed by atoms with Crippen LogP contribution in [-0.4, -0.2) is 26.6 Å². The molecule has 0 radical (unpaired) electrons. The van der Waals surface area contributed by atoms with Crippen molar-refractivity contribution in [2.45, 2.75) is 4.90 Å². The van der Waals surface area contributed by atoms with Gasteiger partial charge in [0, 0.05) is 6.26 Å². The molecule has 0 aliphatic carbocycles. The van der Waals surface area contributed by atoms with E-state index >= 15 is 0 Å². The SMILES string of the molecule is CS(=O)(=O)c1ccc(N=C(N)N=C(N)N)cc1.Cl. The maximum absolute atomic E-state index is 11.2. The molecule has 0 heterocycles. The molecule has 100 valence electrons. The fourth-order valence-corrected chi connectivity index (χ4v) is 1.69. The summed E-state index contributed by atoms with van der Waals surface area (Å²) in [5.74, 6) is -0.295. The number of guanidine groups is 2. The number of nitrogens with zero attached hydrogens (tertiary/aromatic N) is 2. The van der Waals surface area contributed by atoms with E-state index in [1.807, 2.05) is 0 Å². The fraction of sp³-hybridized carbons (Fsp3) is 0.111. The summed E-state index contributed by atoms with van der Waals surface area (Å²) in [4.78, 5) is 7.61. The Hall–Kier alpha value is -1.80. The third-order valence-electron chi connectivity index (χ3n) is 1.75. The molecule has 0 spiro atoms. The molecular weight excluding hydrogens is 278 g/mol. The van der Waals surface area contributed by atoms with Gasteiger partial charge in [0.05, 0.1) is 10.6 Å². The molecule has 6 N–H and O–H groups in total. The van der Waals surface area contributed by atoms with Gasteiger partial charge in [0.1, 0.15) is 0 Å². The molecule has 1 rings (SSSR count). The Morgan fingerprint density at radius 2 is 1.61 bits per heavy atom. The molecule has 1 aromatic rings. The second kappa shape index (κ2) is 6.22. The van der Waals surface area contributed by atoms with Gasteiger partial charge in [-0.15, -0.1) is 12.4 Å². The number of sulfone groups is 1. The highest BCUT2D eigenvalue weighted by Crippen LogP contribution is 2.16. The minimum absolute atomic E-state index is 0. The number of nitrogens with two attached hydrogens (primary N) is 3. The molecule has 0 saturated heterocycles. The van der Waals surface area contributed by atoms with E-state index in [0.29, 0.717) is 5.69 Å². The zero-order valence-electron chi connectivity index (χ0n) is 9.57. The van der Waals surface area contributed by atoms with Crippen LogP contribution in [0.3, 0.4) is 0 Å². The molecule has 1 aromatic carbocycles. The van der Waals surface area contributed by atoms with Crippen molar-refractivity contribution in [1.29, 1.82) is 0 Å². The summed E-state index contributed by atoms with van der Waals surface area (Å²) in [6.07, 6.45) is 1.12. The summed E-state index contributed by atoms with van der Waals surface area (Å²) in [5.41, 5.74) is 16.1. The summed E-state index contributed by atoms with van der Waals surface area (Å²) < 4.78 is 22.4. The Bertz CT molecular complexity index is 561. The second-order valence-electron chi connectivity index (χ2n) is 3.27. The van der Waals surface area contributed by atoms with Gasteiger partial charge in [0.15, 0.2) is 15.8 Å². The molecule has 18 heavy (non-hydrogen) atoms. The average molecular weight is 292 g/mol. The van der Waals surface area contributed by atoms with E-state index < -0.39 is 9.84 Å². The lowest BCUT2D eigenvalue weighted by atomic mass is 10.3. The van der Waals surface area contributed by atoms with Gasteiger partial charge in [-0.1, -0.05) is 0 Å². The van der Waals surface area contributed by atoms with Crippen LogP contribution in [0, 0.1) is 0 Å². The molecule has 0 fully saturated rings. The van der Waals surface area contributed by atoms with Gasteiger partial charge in [-0.3, -0.25) is 0 Å². The number of hydrogen-bond donors (Lipinski definition) is 3. The van der Waals surface area contributed by atoms with Crippen LogP contribution in [0.2, 0.25) is 0 Å². The van der Waals surface area contributed by atoms with Gasteiger partial charge in [0.25, 0.3) is 0 Å². The highest BCUT2D eigenvalue weighted by Gasteiger charge is 2.05. The zero-order valence-corrected chi connectivity index (χ0v) is 11.2. The van der Waals surface area contributed by atoms with Crippen LogP contribution in [0.5, 0.6) is 0 Å². The molecule has 0 bridgehead atoms. The van der Waals surface area contributed by atoms with Gasteiger partial charge in [-0.2, -0.15) is 4.99 Å². The minimum Gasteiger partial charge on any atom is -0.370 e. The van der Waals surface area contributed by atoms with Crippen molar-refractivity contribution in [3.05, 3.63) is 24.3 Å². The van der Waals surface area contributed by atoms with Crippen LogP contribution < -0.4 is 17.2 Å². The number of rotatable bonds is 2. The number of aliphatic imine (C=N–C) groups is 2.